The summed E-state index contributed by atoms with van der Waals surface area (Å²) in [5.41, 5.74) is 2.45. The fraction of sp³-hybridized carbons (Fsp3) is 0.259. The molecule has 37 heavy (non-hydrogen) atoms. The Morgan fingerprint density at radius 3 is 2.14 bits per heavy atom. The van der Waals surface area contributed by atoms with Crippen LogP contribution >= 0.6 is 0 Å². The van der Waals surface area contributed by atoms with Gasteiger partial charge in [0.2, 0.25) is 0 Å². The van der Waals surface area contributed by atoms with Crippen LogP contribution in [-0.2, 0) is 10.0 Å². The van der Waals surface area contributed by atoms with Crippen molar-refractivity contribution in [3.05, 3.63) is 94.2 Å². The van der Waals surface area contributed by atoms with E-state index in [0.717, 1.165) is 25.2 Å². The number of hydrogen-bond acceptors (Lipinski definition) is 5. The van der Waals surface area contributed by atoms with Crippen LogP contribution in [0.25, 0.3) is 4.72 Å². The molecule has 0 unspecified atom stereocenters. The molecule has 0 aliphatic rings. The van der Waals surface area contributed by atoms with Crippen LogP contribution in [0.15, 0.2) is 77.7 Å². The summed E-state index contributed by atoms with van der Waals surface area (Å²) < 4.78 is 29.3. The van der Waals surface area contributed by atoms with E-state index >= 15 is 0 Å². The standard InChI is InChI=1S/C27H31N4O4S.K/c1-4-31(5-2)18-17-28-26(32)21-11-15-23(16-12-21)29-27(33)22-7-6-8-25(19-22)36(34,35)30-24-13-9-20(3)10-14-24;/h6-16,19H,4-5,17-18H2,1-3H3,(H2,28,29,32,33);/q-1;+1. The van der Waals surface area contributed by atoms with Crippen LogP contribution in [-0.4, -0.2) is 51.3 Å². The van der Waals surface area contributed by atoms with Crippen molar-refractivity contribution in [2.75, 3.05) is 31.5 Å². The van der Waals surface area contributed by atoms with Crippen molar-refractivity contribution in [1.82, 2.24) is 10.2 Å². The molecule has 190 valence electrons. The van der Waals surface area contributed by atoms with Crippen LogP contribution in [0.3, 0.4) is 0 Å². The minimum Gasteiger partial charge on any atom is -0.573 e. The monoisotopic (exact) mass is 546 g/mol. The summed E-state index contributed by atoms with van der Waals surface area (Å²) in [4.78, 5) is 27.2. The average Bonchev–Trinajstić information content (AvgIpc) is 2.88. The first-order valence-electron chi connectivity index (χ1n) is 11.8. The third kappa shape index (κ3) is 9.33. The van der Waals surface area contributed by atoms with E-state index in [2.05, 4.69) is 34.1 Å². The Morgan fingerprint density at radius 2 is 1.51 bits per heavy atom. The van der Waals surface area contributed by atoms with Gasteiger partial charge < -0.3 is 20.3 Å². The van der Waals surface area contributed by atoms with Gasteiger partial charge in [-0.25, -0.2) is 8.42 Å². The maximum Gasteiger partial charge on any atom is 1.00 e. The van der Waals surface area contributed by atoms with Crippen molar-refractivity contribution >= 4 is 33.2 Å². The maximum atomic E-state index is 12.7. The van der Waals surface area contributed by atoms with E-state index in [1.54, 1.807) is 48.5 Å². The van der Waals surface area contributed by atoms with E-state index in [1.165, 1.54) is 24.3 Å². The smallest absolute Gasteiger partial charge is 0.573 e. The summed E-state index contributed by atoms with van der Waals surface area (Å²) in [6.07, 6.45) is 0. The van der Waals surface area contributed by atoms with Gasteiger partial charge in [0.25, 0.3) is 11.8 Å². The van der Waals surface area contributed by atoms with Crippen molar-refractivity contribution in [1.29, 1.82) is 0 Å². The van der Waals surface area contributed by atoms with Gasteiger partial charge in [-0.1, -0.05) is 49.7 Å². The zero-order chi connectivity index (χ0) is 26.1. The Labute approximate surface area is 261 Å². The fourth-order valence-electron chi connectivity index (χ4n) is 3.47. The van der Waals surface area contributed by atoms with Crippen molar-refractivity contribution in [3.8, 4) is 0 Å². The number of carbonyl (C=O) groups is 2. The number of nitrogens with zero attached hydrogens (tertiary/aromatic N) is 2. The molecule has 0 spiro atoms. The first-order chi connectivity index (χ1) is 17.2. The maximum absolute atomic E-state index is 12.7. The molecule has 8 nitrogen and oxygen atoms in total. The molecule has 0 heterocycles. The summed E-state index contributed by atoms with van der Waals surface area (Å²) in [5.74, 6) is -0.658. The molecule has 0 fully saturated rings. The molecule has 0 saturated carbocycles. The van der Waals surface area contributed by atoms with Crippen LogP contribution in [0, 0.1) is 6.92 Å². The molecule has 10 heteroatoms. The van der Waals surface area contributed by atoms with Crippen LogP contribution in [0.5, 0.6) is 0 Å². The van der Waals surface area contributed by atoms with Gasteiger partial charge in [0.05, 0.1) is 4.90 Å². The van der Waals surface area contributed by atoms with Gasteiger partial charge in [-0.2, -0.15) is 0 Å². The van der Waals surface area contributed by atoms with Gasteiger partial charge in [-0.05, 0) is 62.5 Å². The SMILES string of the molecule is CCN(CC)CCNC(=O)c1ccc(NC(=O)c2cccc(S(=O)(=O)[N-]c3ccc(C)cc3)c2)cc1.[K+]. The number of carbonyl (C=O) groups excluding carboxylic acids is 2. The molecular weight excluding hydrogens is 515 g/mol. The van der Waals surface area contributed by atoms with Crippen LogP contribution in [0.4, 0.5) is 11.4 Å². The van der Waals surface area contributed by atoms with E-state index in [9.17, 15) is 18.0 Å². The minimum atomic E-state index is -3.99. The second-order valence-electron chi connectivity index (χ2n) is 8.24. The van der Waals surface area contributed by atoms with E-state index in [0.29, 0.717) is 23.5 Å². The summed E-state index contributed by atoms with van der Waals surface area (Å²) in [6, 6.07) is 19.0. The van der Waals surface area contributed by atoms with Gasteiger partial charge in [0, 0.05) is 29.9 Å². The third-order valence-corrected chi connectivity index (χ3v) is 6.97. The van der Waals surface area contributed by atoms with Crippen molar-refractivity contribution in [3.63, 3.8) is 0 Å². The number of amides is 2. The molecule has 0 aliphatic heterocycles. The van der Waals surface area contributed by atoms with Crippen molar-refractivity contribution < 1.29 is 69.4 Å². The van der Waals surface area contributed by atoms with E-state index in [1.807, 2.05) is 6.92 Å². The molecule has 0 aromatic heterocycles. The van der Waals surface area contributed by atoms with E-state index in [-0.39, 0.29) is 67.8 Å². The summed E-state index contributed by atoms with van der Waals surface area (Å²) in [5, 5.41) is 5.62. The predicted octanol–water partition coefficient (Wildman–Crippen LogP) is 1.72. The minimum absolute atomic E-state index is 0. The van der Waals surface area contributed by atoms with Gasteiger partial charge in [0.15, 0.2) is 0 Å². The number of benzene rings is 3. The van der Waals surface area contributed by atoms with Crippen molar-refractivity contribution in [2.45, 2.75) is 25.7 Å². The summed E-state index contributed by atoms with van der Waals surface area (Å²) in [6.45, 7) is 9.24. The Bertz CT molecular complexity index is 1290. The molecule has 0 bridgehead atoms. The first kappa shape index (κ1) is 31.2. The van der Waals surface area contributed by atoms with E-state index in [4.69, 9.17) is 0 Å². The van der Waals surface area contributed by atoms with Gasteiger partial charge in [-0.3, -0.25) is 9.59 Å². The first-order valence-corrected chi connectivity index (χ1v) is 13.2. The van der Waals surface area contributed by atoms with Crippen molar-refractivity contribution in [2.24, 2.45) is 0 Å². The summed E-state index contributed by atoms with van der Waals surface area (Å²) >= 11 is 0. The molecule has 0 saturated heterocycles. The topological polar surface area (TPSA) is 110 Å². The fourth-order valence-corrected chi connectivity index (χ4v) is 4.50. The third-order valence-electron chi connectivity index (χ3n) is 5.67. The normalized spacial score (nSPS) is 10.9. The number of nitrogens with one attached hydrogen (secondary N) is 2. The number of likely N-dealkylation sites (N-methyl/N-ethyl adjacent to an activating group) is 1. The Hall–Kier alpha value is -2.05. The van der Waals surface area contributed by atoms with Gasteiger partial charge in [-0.15, -0.1) is 5.69 Å². The number of aryl methyl sites for hydroxylation is 1. The van der Waals surface area contributed by atoms with E-state index < -0.39 is 15.9 Å². The quantitative estimate of drug-likeness (QED) is 0.356. The zero-order valence-corrected chi connectivity index (χ0v) is 25.6. The summed E-state index contributed by atoms with van der Waals surface area (Å²) in [7, 11) is -3.99. The van der Waals surface area contributed by atoms with Gasteiger partial charge in [0.1, 0.15) is 10.0 Å². The Kier molecular flexibility index (Phi) is 12.4. The van der Waals surface area contributed by atoms with Gasteiger partial charge >= 0.3 is 51.4 Å². The number of hydrogen-bond donors (Lipinski definition) is 2. The average molecular weight is 547 g/mol. The van der Waals surface area contributed by atoms with Crippen LogP contribution < -0.4 is 62.0 Å². The molecule has 0 radical (unpaired) electrons. The molecule has 0 atom stereocenters. The number of rotatable bonds is 11. The second-order valence-corrected chi connectivity index (χ2v) is 9.85. The molecular formula is C27H31KN4O4S. The zero-order valence-electron chi connectivity index (χ0n) is 21.7. The van der Waals surface area contributed by atoms with Crippen LogP contribution in [0.2, 0.25) is 0 Å². The molecule has 3 aromatic rings. The molecule has 0 aliphatic carbocycles. The second kappa shape index (κ2) is 14.8. The number of sulfonamides is 1. The van der Waals surface area contributed by atoms with Crippen LogP contribution in [0.1, 0.15) is 40.1 Å². The predicted molar refractivity (Wildman–Crippen MR) is 142 cm³/mol. The largest absolute Gasteiger partial charge is 1.00 e. The Balaban J connectivity index is 0.00000481. The molecule has 2 amide bonds. The molecule has 2 N–H and O–H groups in total. The number of anilines is 1. The Morgan fingerprint density at radius 1 is 0.865 bits per heavy atom. The molecule has 3 rings (SSSR count). The molecule has 3 aromatic carbocycles.